The maximum Gasteiger partial charge on any atom is 0.115 e. The molecule has 154 valence electrons. The van der Waals surface area contributed by atoms with Gasteiger partial charge < -0.3 is 10.1 Å². The number of benzene rings is 2. The van der Waals surface area contributed by atoms with E-state index in [1.165, 1.54) is 72.9 Å². The highest BCUT2D eigenvalue weighted by Gasteiger charge is 2.55. The van der Waals surface area contributed by atoms with Crippen LogP contribution >= 0.6 is 0 Å². The Kier molecular flexibility index (Phi) is 3.56. The molecule has 2 fully saturated rings. The van der Waals surface area contributed by atoms with Crippen LogP contribution in [-0.2, 0) is 24.7 Å². The van der Waals surface area contributed by atoms with Gasteiger partial charge in [-0.25, -0.2) is 0 Å². The number of aromatic amines is 1. The van der Waals surface area contributed by atoms with Crippen molar-refractivity contribution in [2.45, 2.75) is 56.4 Å². The lowest BCUT2D eigenvalue weighted by atomic mass is 9.52. The first-order valence-corrected chi connectivity index (χ1v) is 11.9. The first-order valence-electron chi connectivity index (χ1n) is 11.9. The first-order chi connectivity index (χ1) is 14.7. The molecular formula is C27H30N2O. The summed E-state index contributed by atoms with van der Waals surface area (Å²) in [5, 5.41) is 11.8. The summed E-state index contributed by atoms with van der Waals surface area (Å²) in [7, 11) is 0. The number of fused-ring (bicyclic) bond motifs is 4. The number of hydrogen-bond acceptors (Lipinski definition) is 2. The Labute approximate surface area is 178 Å². The second kappa shape index (κ2) is 6.13. The fraction of sp³-hybridized carbons (Fsp3) is 0.481. The summed E-state index contributed by atoms with van der Waals surface area (Å²) in [5.41, 5.74) is 7.37. The largest absolute Gasteiger partial charge is 0.508 e. The third-order valence-corrected chi connectivity index (χ3v) is 9.08. The lowest BCUT2D eigenvalue weighted by Gasteiger charge is -2.59. The van der Waals surface area contributed by atoms with Gasteiger partial charge >= 0.3 is 0 Å². The van der Waals surface area contributed by atoms with Gasteiger partial charge in [0.2, 0.25) is 0 Å². The van der Waals surface area contributed by atoms with Crippen molar-refractivity contribution in [3.05, 3.63) is 64.8 Å². The number of phenolic OH excluding ortho intramolecular Hbond substituents is 1. The van der Waals surface area contributed by atoms with Gasteiger partial charge in [0, 0.05) is 34.6 Å². The minimum atomic E-state index is 0.168. The molecule has 1 aliphatic heterocycles. The molecule has 30 heavy (non-hydrogen) atoms. The van der Waals surface area contributed by atoms with Gasteiger partial charge in [-0.2, -0.15) is 0 Å². The lowest BCUT2D eigenvalue weighted by molar-refractivity contribution is -0.00774. The number of likely N-dealkylation sites (tertiary alicyclic amines) is 1. The zero-order valence-electron chi connectivity index (χ0n) is 17.5. The average Bonchev–Trinajstić information content (AvgIpc) is 3.08. The van der Waals surface area contributed by atoms with E-state index >= 15 is 0 Å². The summed E-state index contributed by atoms with van der Waals surface area (Å²) in [6.45, 7) is 2.51. The van der Waals surface area contributed by atoms with Crippen molar-refractivity contribution >= 4 is 10.9 Å². The SMILES string of the molecule is Oc1ccc2c(c1)[C@@]13CCN(CC4CCC4)[C@@H](C2)[C@@H]1Cc1c([nH]c2ccccc12)C3. The van der Waals surface area contributed by atoms with E-state index in [1.54, 1.807) is 5.56 Å². The first kappa shape index (κ1) is 17.4. The number of aromatic hydroxyl groups is 1. The van der Waals surface area contributed by atoms with Gasteiger partial charge in [-0.1, -0.05) is 30.7 Å². The molecular weight excluding hydrogens is 368 g/mol. The van der Waals surface area contributed by atoms with Crippen LogP contribution in [0.2, 0.25) is 0 Å². The Morgan fingerprint density at radius 1 is 1.10 bits per heavy atom. The standard InChI is InChI=1S/C27H30N2O/c30-19-9-8-18-12-26-23-14-21-20-6-1-2-7-24(20)28-25(21)15-27(23,22(18)13-19)10-11-29(26)16-17-4-3-5-17/h1-2,6-9,13,17,23,26,28,30H,3-5,10-12,14-16H2/t23-,26-,27-/m0/s1. The molecule has 2 aromatic carbocycles. The Hall–Kier alpha value is -2.26. The molecule has 1 saturated heterocycles. The number of aromatic nitrogens is 1. The number of hydrogen-bond donors (Lipinski definition) is 2. The predicted octanol–water partition coefficient (Wildman–Crippen LogP) is 4.96. The molecule has 0 unspecified atom stereocenters. The Morgan fingerprint density at radius 2 is 2.00 bits per heavy atom. The van der Waals surface area contributed by atoms with Crippen LogP contribution in [0.15, 0.2) is 42.5 Å². The van der Waals surface area contributed by atoms with Crippen molar-refractivity contribution in [1.29, 1.82) is 0 Å². The molecule has 0 radical (unpaired) electrons. The summed E-state index contributed by atoms with van der Waals surface area (Å²) >= 11 is 0. The third-order valence-electron chi connectivity index (χ3n) is 9.08. The van der Waals surface area contributed by atoms with Gasteiger partial charge in [0.15, 0.2) is 0 Å². The fourth-order valence-corrected chi connectivity index (χ4v) is 7.41. The summed E-state index contributed by atoms with van der Waals surface area (Å²) in [4.78, 5) is 6.64. The molecule has 3 heteroatoms. The van der Waals surface area contributed by atoms with E-state index < -0.39 is 0 Å². The molecule has 4 aliphatic rings. The molecule has 7 rings (SSSR count). The number of nitrogens with zero attached hydrogens (tertiary/aromatic N) is 1. The van der Waals surface area contributed by atoms with Crippen LogP contribution < -0.4 is 0 Å². The molecule has 3 aromatic rings. The minimum absolute atomic E-state index is 0.168. The third kappa shape index (κ3) is 2.30. The normalized spacial score (nSPS) is 30.4. The van der Waals surface area contributed by atoms with E-state index in [0.717, 1.165) is 18.8 Å². The topological polar surface area (TPSA) is 39.3 Å². The second-order valence-corrected chi connectivity index (χ2v) is 10.4. The van der Waals surface area contributed by atoms with E-state index in [-0.39, 0.29) is 5.41 Å². The molecule has 0 spiro atoms. The van der Waals surface area contributed by atoms with E-state index in [0.29, 0.717) is 17.7 Å². The van der Waals surface area contributed by atoms with Crippen LogP contribution in [-0.4, -0.2) is 34.1 Å². The smallest absolute Gasteiger partial charge is 0.115 e. The Balaban J connectivity index is 1.38. The number of H-pyrrole nitrogens is 1. The van der Waals surface area contributed by atoms with Crippen molar-refractivity contribution < 1.29 is 5.11 Å². The molecule has 3 nitrogen and oxygen atoms in total. The number of phenols is 1. The highest BCUT2D eigenvalue weighted by molar-refractivity contribution is 5.85. The van der Waals surface area contributed by atoms with Gasteiger partial charge in [-0.05, 0) is 91.8 Å². The summed E-state index contributed by atoms with van der Waals surface area (Å²) < 4.78 is 0. The monoisotopic (exact) mass is 398 g/mol. The van der Waals surface area contributed by atoms with Crippen LogP contribution in [0.25, 0.3) is 10.9 Å². The molecule has 2 heterocycles. The zero-order valence-corrected chi connectivity index (χ0v) is 17.5. The number of para-hydroxylation sites is 1. The molecule has 1 saturated carbocycles. The van der Waals surface area contributed by atoms with E-state index in [2.05, 4.69) is 46.3 Å². The second-order valence-electron chi connectivity index (χ2n) is 10.4. The van der Waals surface area contributed by atoms with Crippen LogP contribution in [0.1, 0.15) is 48.1 Å². The maximum atomic E-state index is 10.4. The highest BCUT2D eigenvalue weighted by atomic mass is 16.3. The van der Waals surface area contributed by atoms with E-state index in [1.807, 2.05) is 6.07 Å². The maximum absolute atomic E-state index is 10.4. The van der Waals surface area contributed by atoms with Crippen molar-refractivity contribution in [3.63, 3.8) is 0 Å². The average molecular weight is 399 g/mol. The molecule has 3 aliphatic carbocycles. The van der Waals surface area contributed by atoms with Gasteiger partial charge in [-0.15, -0.1) is 0 Å². The van der Waals surface area contributed by atoms with Crippen molar-refractivity contribution in [1.82, 2.24) is 9.88 Å². The van der Waals surface area contributed by atoms with Gasteiger partial charge in [0.05, 0.1) is 0 Å². The number of nitrogens with one attached hydrogen (secondary N) is 1. The Bertz CT molecular complexity index is 1140. The molecule has 3 atom stereocenters. The fourth-order valence-electron chi connectivity index (χ4n) is 7.41. The molecule has 1 aromatic heterocycles. The van der Waals surface area contributed by atoms with Crippen molar-refractivity contribution in [2.75, 3.05) is 13.1 Å². The van der Waals surface area contributed by atoms with Crippen LogP contribution in [0.4, 0.5) is 0 Å². The summed E-state index contributed by atoms with van der Waals surface area (Å²) in [6, 6.07) is 15.7. The summed E-state index contributed by atoms with van der Waals surface area (Å²) in [6.07, 6.45) is 8.90. The quantitative estimate of drug-likeness (QED) is 0.641. The van der Waals surface area contributed by atoms with E-state index in [4.69, 9.17) is 0 Å². The molecule has 2 N–H and O–H groups in total. The van der Waals surface area contributed by atoms with Gasteiger partial charge in [-0.3, -0.25) is 4.90 Å². The minimum Gasteiger partial charge on any atom is -0.508 e. The van der Waals surface area contributed by atoms with Gasteiger partial charge in [0.25, 0.3) is 0 Å². The van der Waals surface area contributed by atoms with Crippen LogP contribution in [0.3, 0.4) is 0 Å². The lowest BCUT2D eigenvalue weighted by Crippen LogP contribution is -2.63. The van der Waals surface area contributed by atoms with Crippen molar-refractivity contribution in [3.8, 4) is 5.75 Å². The number of piperidine rings is 1. The molecule has 2 bridgehead atoms. The summed E-state index contributed by atoms with van der Waals surface area (Å²) in [5.74, 6) is 2.00. The van der Waals surface area contributed by atoms with Crippen molar-refractivity contribution in [2.24, 2.45) is 11.8 Å². The Morgan fingerprint density at radius 3 is 2.87 bits per heavy atom. The van der Waals surface area contributed by atoms with Crippen LogP contribution in [0.5, 0.6) is 5.75 Å². The van der Waals surface area contributed by atoms with Gasteiger partial charge in [0.1, 0.15) is 5.75 Å². The highest BCUT2D eigenvalue weighted by Crippen LogP contribution is 2.56. The van der Waals surface area contributed by atoms with Crippen LogP contribution in [0, 0.1) is 11.8 Å². The predicted molar refractivity (Wildman–Crippen MR) is 120 cm³/mol. The zero-order chi connectivity index (χ0) is 19.9. The molecule has 0 amide bonds. The van der Waals surface area contributed by atoms with E-state index in [9.17, 15) is 5.11 Å². The number of rotatable bonds is 2.